The Morgan fingerprint density at radius 2 is 1.46 bits per heavy atom. The minimum atomic E-state index is -1.17. The maximum atomic E-state index is 13.9. The number of carbonyl (C=O) groups is 1. The van der Waals surface area contributed by atoms with Crippen molar-refractivity contribution in [3.05, 3.63) is 126 Å². The van der Waals surface area contributed by atoms with E-state index in [0.29, 0.717) is 13.2 Å². The lowest BCUT2D eigenvalue weighted by Gasteiger charge is -2.24. The van der Waals surface area contributed by atoms with E-state index < -0.39 is 14.0 Å². The third-order valence-corrected chi connectivity index (χ3v) is 8.12. The van der Waals surface area contributed by atoms with Crippen molar-refractivity contribution in [2.45, 2.75) is 50.8 Å². The first-order valence-electron chi connectivity index (χ1n) is 12.9. The standard InChI is InChI=1S/C31H37N3O2Si/c1-37(2,3)22-21-36-24-34-20-19-32-30(34)28(23-25-13-7-4-8-14-25)33-31(35)29(26-15-9-5-10-16-26)27-17-11-6-12-18-27/h4-20,28-29H,21-24H2,1-3H3,(H,33,35). The third kappa shape index (κ3) is 7.75. The molecule has 37 heavy (non-hydrogen) atoms. The second kappa shape index (κ2) is 12.7. The number of aromatic nitrogens is 2. The van der Waals surface area contributed by atoms with Gasteiger partial charge in [0.15, 0.2) is 0 Å². The monoisotopic (exact) mass is 511 g/mol. The van der Waals surface area contributed by atoms with E-state index in [1.807, 2.05) is 89.6 Å². The summed E-state index contributed by atoms with van der Waals surface area (Å²) >= 11 is 0. The number of nitrogens with one attached hydrogen (secondary N) is 1. The Balaban J connectivity index is 1.59. The SMILES string of the molecule is C[Si](C)(C)CCOCn1ccnc1C(Cc1ccccc1)NC(=O)C(c1ccccc1)c1ccccc1. The molecule has 5 nitrogen and oxygen atoms in total. The molecule has 0 bridgehead atoms. The van der Waals surface area contributed by atoms with Gasteiger partial charge in [0.25, 0.3) is 0 Å². The Hall–Kier alpha value is -3.48. The van der Waals surface area contributed by atoms with Gasteiger partial charge in [0.2, 0.25) is 5.91 Å². The van der Waals surface area contributed by atoms with Gasteiger partial charge in [0, 0.05) is 27.1 Å². The van der Waals surface area contributed by atoms with Gasteiger partial charge in [-0.15, -0.1) is 0 Å². The van der Waals surface area contributed by atoms with Crippen LogP contribution >= 0.6 is 0 Å². The summed E-state index contributed by atoms with van der Waals surface area (Å²) in [5.41, 5.74) is 3.06. The fraction of sp³-hybridized carbons (Fsp3) is 0.290. The molecule has 192 valence electrons. The molecule has 1 aromatic heterocycles. The zero-order valence-electron chi connectivity index (χ0n) is 22.0. The summed E-state index contributed by atoms with van der Waals surface area (Å²) in [7, 11) is -1.17. The van der Waals surface area contributed by atoms with E-state index in [2.05, 4.69) is 42.1 Å². The topological polar surface area (TPSA) is 56.1 Å². The predicted molar refractivity (Wildman–Crippen MR) is 152 cm³/mol. The second-order valence-corrected chi connectivity index (χ2v) is 16.2. The molecule has 1 heterocycles. The second-order valence-electron chi connectivity index (χ2n) is 10.6. The number of rotatable bonds is 12. The van der Waals surface area contributed by atoms with Gasteiger partial charge in [-0.3, -0.25) is 4.79 Å². The maximum Gasteiger partial charge on any atom is 0.232 e. The highest BCUT2D eigenvalue weighted by Gasteiger charge is 2.27. The summed E-state index contributed by atoms with van der Waals surface area (Å²) in [4.78, 5) is 18.6. The first kappa shape index (κ1) is 26.6. The molecule has 1 unspecified atom stereocenters. The van der Waals surface area contributed by atoms with Crippen LogP contribution in [-0.4, -0.2) is 30.1 Å². The van der Waals surface area contributed by atoms with Gasteiger partial charge < -0.3 is 14.6 Å². The van der Waals surface area contributed by atoms with Crippen LogP contribution in [0, 0.1) is 0 Å². The van der Waals surface area contributed by atoms with Gasteiger partial charge in [-0.25, -0.2) is 4.98 Å². The third-order valence-electron chi connectivity index (χ3n) is 6.41. The van der Waals surface area contributed by atoms with E-state index in [9.17, 15) is 4.79 Å². The highest BCUT2D eigenvalue weighted by atomic mass is 28.3. The lowest BCUT2D eigenvalue weighted by Crippen LogP contribution is -2.36. The molecule has 6 heteroatoms. The lowest BCUT2D eigenvalue weighted by atomic mass is 9.90. The van der Waals surface area contributed by atoms with Crippen LogP contribution in [-0.2, 0) is 22.7 Å². The van der Waals surface area contributed by atoms with E-state index >= 15 is 0 Å². The quantitative estimate of drug-likeness (QED) is 0.176. The summed E-state index contributed by atoms with van der Waals surface area (Å²) in [5.74, 6) is 0.328. The summed E-state index contributed by atoms with van der Waals surface area (Å²) in [6.45, 7) is 8.19. The fourth-order valence-electron chi connectivity index (χ4n) is 4.38. The number of imidazole rings is 1. The molecule has 0 spiro atoms. The molecule has 0 aliphatic heterocycles. The van der Waals surface area contributed by atoms with Crippen molar-refractivity contribution in [1.29, 1.82) is 0 Å². The zero-order valence-corrected chi connectivity index (χ0v) is 23.0. The Bertz CT molecular complexity index is 1200. The van der Waals surface area contributed by atoms with Gasteiger partial charge in [-0.2, -0.15) is 0 Å². The fourth-order valence-corrected chi connectivity index (χ4v) is 5.14. The number of nitrogens with zero attached hydrogens (tertiary/aromatic N) is 2. The van der Waals surface area contributed by atoms with E-state index in [1.165, 1.54) is 0 Å². The van der Waals surface area contributed by atoms with Gasteiger partial charge in [-0.1, -0.05) is 111 Å². The maximum absolute atomic E-state index is 13.9. The average Bonchev–Trinajstić information content (AvgIpc) is 3.36. The van der Waals surface area contributed by atoms with Crippen molar-refractivity contribution in [3.8, 4) is 0 Å². The van der Waals surface area contributed by atoms with Crippen molar-refractivity contribution in [3.63, 3.8) is 0 Å². The van der Waals surface area contributed by atoms with Crippen molar-refractivity contribution >= 4 is 14.0 Å². The Morgan fingerprint density at radius 1 is 0.892 bits per heavy atom. The molecule has 4 rings (SSSR count). The van der Waals surface area contributed by atoms with Gasteiger partial charge in [-0.05, 0) is 29.2 Å². The number of amides is 1. The smallest absolute Gasteiger partial charge is 0.232 e. The van der Waals surface area contributed by atoms with Crippen LogP contribution in [0.1, 0.15) is 34.5 Å². The van der Waals surface area contributed by atoms with Gasteiger partial charge in [0.05, 0.1) is 12.0 Å². The molecule has 0 saturated heterocycles. The Labute approximate surface area is 221 Å². The molecule has 4 aromatic rings. The highest BCUT2D eigenvalue weighted by molar-refractivity contribution is 6.76. The van der Waals surface area contributed by atoms with E-state index in [0.717, 1.165) is 35.2 Å². The zero-order chi connectivity index (χ0) is 26.1. The summed E-state index contributed by atoms with van der Waals surface area (Å²) in [6.07, 6.45) is 4.35. The highest BCUT2D eigenvalue weighted by Crippen LogP contribution is 2.27. The molecule has 1 amide bonds. The molecule has 3 aromatic carbocycles. The number of hydrogen-bond donors (Lipinski definition) is 1. The van der Waals surface area contributed by atoms with Gasteiger partial charge in [0.1, 0.15) is 12.6 Å². The lowest BCUT2D eigenvalue weighted by molar-refractivity contribution is -0.122. The summed E-state index contributed by atoms with van der Waals surface area (Å²) in [5, 5.41) is 3.35. The number of hydrogen-bond acceptors (Lipinski definition) is 3. The average molecular weight is 512 g/mol. The van der Waals surface area contributed by atoms with Crippen LogP contribution < -0.4 is 5.32 Å². The first-order chi connectivity index (χ1) is 17.9. The first-order valence-corrected chi connectivity index (χ1v) is 16.6. The molecule has 1 atom stereocenters. The molecule has 1 N–H and O–H groups in total. The largest absolute Gasteiger partial charge is 0.361 e. The molecule has 0 saturated carbocycles. The molecular weight excluding hydrogens is 474 g/mol. The molecule has 0 fully saturated rings. The van der Waals surface area contributed by atoms with E-state index in [-0.39, 0.29) is 11.9 Å². The number of ether oxygens (including phenoxy) is 1. The summed E-state index contributed by atoms with van der Waals surface area (Å²) < 4.78 is 8.04. The van der Waals surface area contributed by atoms with Crippen molar-refractivity contribution in [1.82, 2.24) is 14.9 Å². The molecule has 0 aliphatic rings. The van der Waals surface area contributed by atoms with Crippen LogP contribution in [0.4, 0.5) is 0 Å². The summed E-state index contributed by atoms with van der Waals surface area (Å²) in [6, 6.07) is 30.9. The van der Waals surface area contributed by atoms with Crippen LogP contribution in [0.25, 0.3) is 0 Å². The van der Waals surface area contributed by atoms with Gasteiger partial charge >= 0.3 is 0 Å². The van der Waals surface area contributed by atoms with Crippen LogP contribution in [0.5, 0.6) is 0 Å². The van der Waals surface area contributed by atoms with Crippen molar-refractivity contribution < 1.29 is 9.53 Å². The minimum absolute atomic E-state index is 0.0486. The van der Waals surface area contributed by atoms with Crippen LogP contribution in [0.3, 0.4) is 0 Å². The van der Waals surface area contributed by atoms with Crippen molar-refractivity contribution in [2.75, 3.05) is 6.61 Å². The normalized spacial score (nSPS) is 12.4. The van der Waals surface area contributed by atoms with E-state index in [4.69, 9.17) is 4.74 Å². The Morgan fingerprint density at radius 3 is 2.03 bits per heavy atom. The van der Waals surface area contributed by atoms with E-state index in [1.54, 1.807) is 6.20 Å². The molecule has 0 aliphatic carbocycles. The number of benzene rings is 3. The Kier molecular flexibility index (Phi) is 9.09. The van der Waals surface area contributed by atoms with Crippen LogP contribution in [0.2, 0.25) is 25.7 Å². The van der Waals surface area contributed by atoms with Crippen LogP contribution in [0.15, 0.2) is 103 Å². The molecular formula is C31H37N3O2Si. The number of carbonyl (C=O) groups excluding carboxylic acids is 1. The minimum Gasteiger partial charge on any atom is -0.361 e. The predicted octanol–water partition coefficient (Wildman–Crippen LogP) is 6.43. The molecule has 0 radical (unpaired) electrons. The van der Waals surface area contributed by atoms with Crippen molar-refractivity contribution in [2.24, 2.45) is 0 Å².